The molecule has 1 aliphatic carbocycles. The third kappa shape index (κ3) is 5.25. The van der Waals surface area contributed by atoms with Crippen molar-refractivity contribution >= 4 is 49.8 Å². The van der Waals surface area contributed by atoms with Crippen LogP contribution in [0.1, 0.15) is 25.0 Å². The van der Waals surface area contributed by atoms with Crippen molar-refractivity contribution in [3.63, 3.8) is 0 Å². The molecule has 0 unspecified atom stereocenters. The number of hydrogen-bond acceptors (Lipinski definition) is 2. The van der Waals surface area contributed by atoms with E-state index in [1.165, 1.54) is 50.1 Å². The highest BCUT2D eigenvalue weighted by Gasteiger charge is 2.36. The lowest BCUT2D eigenvalue weighted by Gasteiger charge is -2.29. The molecule has 0 bridgehead atoms. The first-order chi connectivity index (χ1) is 28.0. The Kier molecular flexibility index (Phi) is 7.55. The molecule has 270 valence electrons. The van der Waals surface area contributed by atoms with Crippen LogP contribution < -0.4 is 4.90 Å². The normalized spacial score (nSPS) is 12.9. The molecule has 1 aliphatic rings. The van der Waals surface area contributed by atoms with Gasteiger partial charge in [-0.2, -0.15) is 0 Å². The molecular weight excluding hydrogens is 691 g/mol. The summed E-state index contributed by atoms with van der Waals surface area (Å²) in [7, 11) is 0. The molecule has 1 heterocycles. The topological polar surface area (TPSA) is 16.4 Å². The molecule has 11 rings (SSSR count). The number of rotatable bonds is 6. The smallest absolute Gasteiger partial charge is 0.143 e. The first kappa shape index (κ1) is 33.2. The van der Waals surface area contributed by atoms with Gasteiger partial charge in [-0.05, 0) is 86.5 Å². The van der Waals surface area contributed by atoms with Crippen molar-refractivity contribution in [3.05, 3.63) is 211 Å². The number of nitrogens with zero attached hydrogens (tertiary/aromatic N) is 1. The van der Waals surface area contributed by atoms with Crippen molar-refractivity contribution in [2.24, 2.45) is 0 Å². The molecule has 0 radical (unpaired) electrons. The molecule has 0 aliphatic heterocycles. The number of benzene rings is 9. The van der Waals surface area contributed by atoms with E-state index in [9.17, 15) is 0 Å². The molecule has 0 spiro atoms. The molecule has 9 aromatic carbocycles. The van der Waals surface area contributed by atoms with Crippen molar-refractivity contribution in [3.8, 4) is 44.5 Å². The summed E-state index contributed by atoms with van der Waals surface area (Å²) in [5.41, 5.74) is 17.4. The van der Waals surface area contributed by atoms with Crippen molar-refractivity contribution in [2.75, 3.05) is 4.90 Å². The Morgan fingerprint density at radius 1 is 0.404 bits per heavy atom. The quantitative estimate of drug-likeness (QED) is 0.169. The summed E-state index contributed by atoms with van der Waals surface area (Å²) in [6, 6.07) is 72.5. The average molecular weight is 730 g/mol. The Morgan fingerprint density at radius 2 is 0.965 bits per heavy atom. The third-order valence-corrected chi connectivity index (χ3v) is 12.1. The van der Waals surface area contributed by atoms with Crippen molar-refractivity contribution in [2.45, 2.75) is 19.3 Å². The van der Waals surface area contributed by atoms with E-state index >= 15 is 0 Å². The van der Waals surface area contributed by atoms with Crippen LogP contribution in [0.25, 0.3) is 77.2 Å². The van der Waals surface area contributed by atoms with Gasteiger partial charge in [-0.25, -0.2) is 0 Å². The lowest BCUT2D eigenvalue weighted by Crippen LogP contribution is -2.16. The van der Waals surface area contributed by atoms with Crippen molar-refractivity contribution in [1.82, 2.24) is 0 Å². The minimum Gasteiger partial charge on any atom is -0.455 e. The van der Waals surface area contributed by atoms with Crippen LogP contribution in [0.15, 0.2) is 205 Å². The van der Waals surface area contributed by atoms with Gasteiger partial charge in [-0.3, -0.25) is 0 Å². The maximum absolute atomic E-state index is 6.93. The number of furan rings is 1. The van der Waals surface area contributed by atoms with Gasteiger partial charge in [0, 0.05) is 43.9 Å². The SMILES string of the molecule is CC1(C)c2ccccc2-c2ccc(N(c3ccc(-c4ccccc4)cc3)c3cc4c(oc5ccc(-c6ccccc6)c(-c6ccccc6)c54)c4ccccc34)cc21. The fourth-order valence-electron chi connectivity index (χ4n) is 9.31. The third-order valence-electron chi connectivity index (χ3n) is 12.1. The Balaban J connectivity index is 1.21. The molecule has 57 heavy (non-hydrogen) atoms. The van der Waals surface area contributed by atoms with E-state index in [-0.39, 0.29) is 5.41 Å². The van der Waals surface area contributed by atoms with Crippen LogP contribution in [0.4, 0.5) is 17.1 Å². The molecule has 0 saturated heterocycles. The summed E-state index contributed by atoms with van der Waals surface area (Å²) in [5.74, 6) is 0. The van der Waals surface area contributed by atoms with Crippen LogP contribution in [0.5, 0.6) is 0 Å². The second-order valence-corrected chi connectivity index (χ2v) is 15.7. The van der Waals surface area contributed by atoms with E-state index in [0.717, 1.165) is 55.3 Å². The number of fused-ring (bicyclic) bond motifs is 8. The monoisotopic (exact) mass is 729 g/mol. The summed E-state index contributed by atoms with van der Waals surface area (Å²) in [6.45, 7) is 4.71. The lowest BCUT2D eigenvalue weighted by atomic mass is 9.82. The van der Waals surface area contributed by atoms with Crippen LogP contribution in [-0.2, 0) is 5.41 Å². The zero-order valence-corrected chi connectivity index (χ0v) is 31.9. The molecular formula is C55H39NO. The minimum absolute atomic E-state index is 0.143. The summed E-state index contributed by atoms with van der Waals surface area (Å²) >= 11 is 0. The van der Waals surface area contributed by atoms with E-state index in [0.29, 0.717) is 0 Å². The zero-order chi connectivity index (χ0) is 38.1. The highest BCUT2D eigenvalue weighted by atomic mass is 16.3. The predicted octanol–water partition coefficient (Wildman–Crippen LogP) is 15.5. The molecule has 0 saturated carbocycles. The maximum atomic E-state index is 6.93. The molecule has 0 atom stereocenters. The predicted molar refractivity (Wildman–Crippen MR) is 240 cm³/mol. The van der Waals surface area contributed by atoms with Gasteiger partial charge in [-0.1, -0.05) is 178 Å². The van der Waals surface area contributed by atoms with Crippen molar-refractivity contribution in [1.29, 1.82) is 0 Å². The van der Waals surface area contributed by atoms with Gasteiger partial charge < -0.3 is 9.32 Å². The van der Waals surface area contributed by atoms with Crippen LogP contribution in [0.3, 0.4) is 0 Å². The van der Waals surface area contributed by atoms with Gasteiger partial charge in [0.05, 0.1) is 5.69 Å². The summed E-state index contributed by atoms with van der Waals surface area (Å²) in [6.07, 6.45) is 0. The Hall–Kier alpha value is -7.16. The molecule has 2 nitrogen and oxygen atoms in total. The fourth-order valence-corrected chi connectivity index (χ4v) is 9.31. The van der Waals surface area contributed by atoms with Gasteiger partial charge in [0.2, 0.25) is 0 Å². The Morgan fingerprint density at radius 3 is 1.70 bits per heavy atom. The highest BCUT2D eigenvalue weighted by molar-refractivity contribution is 6.24. The Labute approximate surface area is 332 Å². The lowest BCUT2D eigenvalue weighted by molar-refractivity contribution is 0.660. The van der Waals surface area contributed by atoms with Crippen molar-refractivity contribution < 1.29 is 4.42 Å². The van der Waals surface area contributed by atoms with Crippen LogP contribution in [0, 0.1) is 0 Å². The van der Waals surface area contributed by atoms with Gasteiger partial charge >= 0.3 is 0 Å². The van der Waals surface area contributed by atoms with E-state index in [2.05, 4.69) is 219 Å². The van der Waals surface area contributed by atoms with Gasteiger partial charge in [0.25, 0.3) is 0 Å². The van der Waals surface area contributed by atoms with Gasteiger partial charge in [0.15, 0.2) is 0 Å². The van der Waals surface area contributed by atoms with E-state index in [4.69, 9.17) is 4.42 Å². The standard InChI is InChI=1S/C55H39NO/c1-55(2)48-25-15-14-22-43(48)44-31-30-41(34-49(44)55)56(40-28-26-37(27-29-40)36-16-6-3-7-17-36)50-35-47-53-51(57-54(47)46-24-13-12-23-45(46)50)33-32-42(38-18-8-4-9-19-38)52(53)39-20-10-5-11-21-39/h3-35H,1-2H3. The first-order valence-corrected chi connectivity index (χ1v) is 19.8. The number of anilines is 3. The van der Waals surface area contributed by atoms with Crippen LogP contribution in [0.2, 0.25) is 0 Å². The van der Waals surface area contributed by atoms with Crippen LogP contribution >= 0.6 is 0 Å². The molecule has 2 heteroatoms. The van der Waals surface area contributed by atoms with E-state index in [1.54, 1.807) is 0 Å². The molecule has 0 fully saturated rings. The highest BCUT2D eigenvalue weighted by Crippen LogP contribution is 2.52. The van der Waals surface area contributed by atoms with Gasteiger partial charge in [-0.15, -0.1) is 0 Å². The van der Waals surface area contributed by atoms with Crippen LogP contribution in [-0.4, -0.2) is 0 Å². The van der Waals surface area contributed by atoms with E-state index < -0.39 is 0 Å². The zero-order valence-electron chi connectivity index (χ0n) is 31.9. The largest absolute Gasteiger partial charge is 0.455 e. The molecule has 10 aromatic rings. The summed E-state index contributed by atoms with van der Waals surface area (Å²) in [4.78, 5) is 2.46. The van der Waals surface area contributed by atoms with E-state index in [1.807, 2.05) is 0 Å². The fraction of sp³-hybridized carbons (Fsp3) is 0.0545. The van der Waals surface area contributed by atoms with Gasteiger partial charge in [0.1, 0.15) is 11.2 Å². The summed E-state index contributed by atoms with van der Waals surface area (Å²) < 4.78 is 6.93. The molecule has 0 N–H and O–H groups in total. The second kappa shape index (κ2) is 13.0. The second-order valence-electron chi connectivity index (χ2n) is 15.7. The molecule has 1 aromatic heterocycles. The summed E-state index contributed by atoms with van der Waals surface area (Å²) in [5, 5.41) is 4.43. The Bertz CT molecular complexity index is 3120. The average Bonchev–Trinajstić information content (AvgIpc) is 3.76. The number of hydrogen-bond donors (Lipinski definition) is 0. The minimum atomic E-state index is -0.143. The maximum Gasteiger partial charge on any atom is 0.143 e. The molecule has 0 amide bonds. The first-order valence-electron chi connectivity index (χ1n) is 19.8.